The number of benzene rings is 2. The molecule has 34 heavy (non-hydrogen) atoms. The molecule has 178 valence electrons. The van der Waals surface area contributed by atoms with Gasteiger partial charge in [0.2, 0.25) is 0 Å². The van der Waals surface area contributed by atoms with Gasteiger partial charge in [0.05, 0.1) is 24.2 Å². The number of nitrogens with zero attached hydrogens (tertiary/aromatic N) is 2. The summed E-state index contributed by atoms with van der Waals surface area (Å²) in [4.78, 5) is 36.8. The standard InChI is InChI=1S/C25H28N4O5/c1-6-33-25(32)21-14-26-29(17(21)4)20-12-10-19(11-13-20)24(31)28-27-23(30)18(5)34-22-9-7-8-15(2)16(22)3/h7-14,18H,6H2,1-5H3,(H,27,30)(H,28,31). The molecular formula is C25H28N4O5. The molecule has 1 heterocycles. The summed E-state index contributed by atoms with van der Waals surface area (Å²) in [5, 5.41) is 4.23. The monoisotopic (exact) mass is 464 g/mol. The summed E-state index contributed by atoms with van der Waals surface area (Å²) in [6.07, 6.45) is 0.643. The van der Waals surface area contributed by atoms with Gasteiger partial charge in [-0.15, -0.1) is 0 Å². The molecule has 1 aromatic heterocycles. The van der Waals surface area contributed by atoms with Crippen LogP contribution in [0.2, 0.25) is 0 Å². The molecule has 0 spiro atoms. The fourth-order valence-corrected chi connectivity index (χ4v) is 3.22. The third kappa shape index (κ3) is 5.43. The Morgan fingerprint density at radius 3 is 2.41 bits per heavy atom. The molecule has 2 aromatic carbocycles. The first-order valence-electron chi connectivity index (χ1n) is 10.9. The van der Waals surface area contributed by atoms with Gasteiger partial charge >= 0.3 is 5.97 Å². The number of rotatable bonds is 7. The van der Waals surface area contributed by atoms with Crippen LogP contribution in [0.3, 0.4) is 0 Å². The van der Waals surface area contributed by atoms with Gasteiger partial charge in [-0.3, -0.25) is 20.4 Å². The number of ether oxygens (including phenoxy) is 2. The molecule has 0 bridgehead atoms. The molecule has 9 heteroatoms. The van der Waals surface area contributed by atoms with E-state index in [1.165, 1.54) is 6.20 Å². The Morgan fingerprint density at radius 2 is 1.74 bits per heavy atom. The average Bonchev–Trinajstić information content (AvgIpc) is 3.21. The van der Waals surface area contributed by atoms with Crippen molar-refractivity contribution in [3.05, 3.63) is 76.6 Å². The molecule has 0 radical (unpaired) electrons. The van der Waals surface area contributed by atoms with E-state index in [1.807, 2.05) is 26.0 Å². The first-order valence-corrected chi connectivity index (χ1v) is 10.9. The summed E-state index contributed by atoms with van der Waals surface area (Å²) in [6, 6.07) is 12.2. The SMILES string of the molecule is CCOC(=O)c1cnn(-c2ccc(C(=O)NNC(=O)C(C)Oc3cccc(C)c3C)cc2)c1C. The second-order valence-electron chi connectivity index (χ2n) is 7.72. The predicted molar refractivity (Wildman–Crippen MR) is 126 cm³/mol. The van der Waals surface area contributed by atoms with E-state index < -0.39 is 23.9 Å². The lowest BCUT2D eigenvalue weighted by Crippen LogP contribution is -2.47. The lowest BCUT2D eigenvalue weighted by atomic mass is 10.1. The van der Waals surface area contributed by atoms with Gasteiger partial charge in [-0.05, 0) is 76.1 Å². The molecule has 3 aromatic rings. The number of hydrogen-bond acceptors (Lipinski definition) is 6. The van der Waals surface area contributed by atoms with Crippen molar-refractivity contribution < 1.29 is 23.9 Å². The molecular weight excluding hydrogens is 436 g/mol. The third-order valence-electron chi connectivity index (χ3n) is 5.41. The maximum absolute atomic E-state index is 12.5. The van der Waals surface area contributed by atoms with Gasteiger partial charge in [0.15, 0.2) is 6.10 Å². The minimum absolute atomic E-state index is 0.278. The van der Waals surface area contributed by atoms with E-state index in [0.29, 0.717) is 28.3 Å². The van der Waals surface area contributed by atoms with E-state index in [2.05, 4.69) is 16.0 Å². The van der Waals surface area contributed by atoms with Gasteiger partial charge in [0, 0.05) is 5.56 Å². The highest BCUT2D eigenvalue weighted by Crippen LogP contribution is 2.21. The van der Waals surface area contributed by atoms with Crippen molar-refractivity contribution in [1.29, 1.82) is 0 Å². The van der Waals surface area contributed by atoms with E-state index >= 15 is 0 Å². The number of amides is 2. The second-order valence-corrected chi connectivity index (χ2v) is 7.72. The van der Waals surface area contributed by atoms with Crippen LogP contribution in [0.5, 0.6) is 5.75 Å². The fraction of sp³-hybridized carbons (Fsp3) is 0.280. The molecule has 0 saturated carbocycles. The summed E-state index contributed by atoms with van der Waals surface area (Å²) < 4.78 is 12.3. The summed E-state index contributed by atoms with van der Waals surface area (Å²) in [5.74, 6) is -0.786. The van der Waals surface area contributed by atoms with Gasteiger partial charge in [0.25, 0.3) is 11.8 Å². The number of hydrazine groups is 1. The quantitative estimate of drug-likeness (QED) is 0.410. The number of aryl methyl sites for hydroxylation is 1. The number of hydrogen-bond donors (Lipinski definition) is 2. The van der Waals surface area contributed by atoms with Crippen molar-refractivity contribution in [3.8, 4) is 11.4 Å². The molecule has 1 atom stereocenters. The van der Waals surface area contributed by atoms with Crippen molar-refractivity contribution in [2.45, 2.75) is 40.7 Å². The number of carbonyl (C=O) groups excluding carboxylic acids is 3. The van der Waals surface area contributed by atoms with E-state index in [4.69, 9.17) is 9.47 Å². The molecule has 1 unspecified atom stereocenters. The van der Waals surface area contributed by atoms with Crippen LogP contribution in [0.15, 0.2) is 48.7 Å². The zero-order chi connectivity index (χ0) is 24.8. The van der Waals surface area contributed by atoms with E-state index in [0.717, 1.165) is 11.1 Å². The minimum atomic E-state index is -0.806. The molecule has 3 rings (SSSR count). The van der Waals surface area contributed by atoms with Crippen LogP contribution in [-0.2, 0) is 9.53 Å². The normalized spacial score (nSPS) is 11.4. The number of aromatic nitrogens is 2. The van der Waals surface area contributed by atoms with Crippen LogP contribution < -0.4 is 15.6 Å². The first kappa shape index (κ1) is 24.5. The zero-order valence-corrected chi connectivity index (χ0v) is 19.8. The topological polar surface area (TPSA) is 112 Å². The van der Waals surface area contributed by atoms with Crippen LogP contribution in [0.1, 0.15) is 51.4 Å². The Balaban J connectivity index is 1.59. The number of carbonyl (C=O) groups is 3. The Bertz CT molecular complexity index is 1200. The lowest BCUT2D eigenvalue weighted by molar-refractivity contribution is -0.128. The average molecular weight is 465 g/mol. The van der Waals surface area contributed by atoms with E-state index in [1.54, 1.807) is 55.8 Å². The van der Waals surface area contributed by atoms with Gasteiger partial charge in [-0.25, -0.2) is 9.48 Å². The molecule has 0 fully saturated rings. The maximum atomic E-state index is 12.5. The minimum Gasteiger partial charge on any atom is -0.481 e. The third-order valence-corrected chi connectivity index (χ3v) is 5.41. The van der Waals surface area contributed by atoms with Crippen molar-refractivity contribution in [1.82, 2.24) is 20.6 Å². The Hall–Kier alpha value is -4.14. The summed E-state index contributed by atoms with van der Waals surface area (Å²) in [6.45, 7) is 9.27. The molecule has 0 aliphatic heterocycles. The van der Waals surface area contributed by atoms with Crippen molar-refractivity contribution in [2.24, 2.45) is 0 Å². The molecule has 0 aliphatic carbocycles. The molecule has 0 saturated heterocycles. The molecule has 2 N–H and O–H groups in total. The van der Waals surface area contributed by atoms with Crippen molar-refractivity contribution in [3.63, 3.8) is 0 Å². The largest absolute Gasteiger partial charge is 0.481 e. The van der Waals surface area contributed by atoms with Crippen LogP contribution in [0.4, 0.5) is 0 Å². The molecule has 0 aliphatic rings. The Morgan fingerprint density at radius 1 is 1.03 bits per heavy atom. The number of esters is 1. The van der Waals surface area contributed by atoms with Gasteiger partial charge < -0.3 is 9.47 Å². The van der Waals surface area contributed by atoms with Gasteiger partial charge in [-0.1, -0.05) is 12.1 Å². The van der Waals surface area contributed by atoms with Crippen LogP contribution in [0.25, 0.3) is 5.69 Å². The lowest BCUT2D eigenvalue weighted by Gasteiger charge is -2.17. The highest BCUT2D eigenvalue weighted by Gasteiger charge is 2.18. The highest BCUT2D eigenvalue weighted by molar-refractivity contribution is 5.96. The maximum Gasteiger partial charge on any atom is 0.341 e. The highest BCUT2D eigenvalue weighted by atomic mass is 16.5. The van der Waals surface area contributed by atoms with E-state index in [9.17, 15) is 14.4 Å². The Kier molecular flexibility index (Phi) is 7.68. The molecule has 2 amide bonds. The Labute approximate surface area is 198 Å². The van der Waals surface area contributed by atoms with Crippen LogP contribution in [0, 0.1) is 20.8 Å². The smallest absolute Gasteiger partial charge is 0.341 e. The van der Waals surface area contributed by atoms with Crippen LogP contribution in [-0.4, -0.2) is 40.3 Å². The van der Waals surface area contributed by atoms with E-state index in [-0.39, 0.29) is 6.61 Å². The fourth-order valence-electron chi connectivity index (χ4n) is 3.22. The van der Waals surface area contributed by atoms with Crippen molar-refractivity contribution >= 4 is 17.8 Å². The molecule has 9 nitrogen and oxygen atoms in total. The van der Waals surface area contributed by atoms with Crippen LogP contribution >= 0.6 is 0 Å². The number of nitrogens with one attached hydrogen (secondary N) is 2. The summed E-state index contributed by atoms with van der Waals surface area (Å²) >= 11 is 0. The summed E-state index contributed by atoms with van der Waals surface area (Å²) in [7, 11) is 0. The van der Waals surface area contributed by atoms with Gasteiger partial charge in [0.1, 0.15) is 11.3 Å². The summed E-state index contributed by atoms with van der Waals surface area (Å²) in [5.41, 5.74) is 8.80. The van der Waals surface area contributed by atoms with Crippen molar-refractivity contribution in [2.75, 3.05) is 6.61 Å². The predicted octanol–water partition coefficient (Wildman–Crippen LogP) is 3.20. The first-order chi connectivity index (χ1) is 16.2. The second kappa shape index (κ2) is 10.7. The van der Waals surface area contributed by atoms with Gasteiger partial charge in [-0.2, -0.15) is 5.10 Å². The zero-order valence-electron chi connectivity index (χ0n) is 19.8.